The van der Waals surface area contributed by atoms with Crippen LogP contribution in [0.3, 0.4) is 0 Å². The molecule has 2 aromatic carbocycles. The van der Waals surface area contributed by atoms with Crippen molar-refractivity contribution in [2.75, 3.05) is 21.3 Å². The molecule has 5 heteroatoms. The number of hydrogen-bond acceptors (Lipinski definition) is 5. The van der Waals surface area contributed by atoms with Crippen molar-refractivity contribution in [3.8, 4) is 39.5 Å². The zero-order chi connectivity index (χ0) is 19.5. The minimum absolute atomic E-state index is 0.574. The van der Waals surface area contributed by atoms with E-state index in [-0.39, 0.29) is 0 Å². The van der Waals surface area contributed by atoms with E-state index >= 15 is 0 Å². The maximum Gasteiger partial charge on any atom is 0.203 e. The van der Waals surface area contributed by atoms with E-state index in [0.29, 0.717) is 17.2 Å². The predicted octanol–water partition coefficient (Wildman–Crippen LogP) is 4.99. The standard InChI is InChI=1S/C23H20N2O3/c1-26-21-12-18(13-22(27-2)23(21)28-3)19-10-17-5-4-16(11-20(17)25-14-19)15-6-8-24-9-7-15/h4-14H,1-3H3. The van der Waals surface area contributed by atoms with Gasteiger partial charge in [-0.3, -0.25) is 9.97 Å². The molecule has 0 saturated heterocycles. The molecule has 5 nitrogen and oxygen atoms in total. The summed E-state index contributed by atoms with van der Waals surface area (Å²) in [6, 6.07) is 16.2. The second-order valence-electron chi connectivity index (χ2n) is 6.28. The van der Waals surface area contributed by atoms with Crippen molar-refractivity contribution in [2.45, 2.75) is 0 Å². The highest BCUT2D eigenvalue weighted by Gasteiger charge is 2.14. The minimum atomic E-state index is 0.574. The van der Waals surface area contributed by atoms with Gasteiger partial charge in [0.05, 0.1) is 26.8 Å². The molecule has 0 atom stereocenters. The van der Waals surface area contributed by atoms with E-state index in [0.717, 1.165) is 33.2 Å². The summed E-state index contributed by atoms with van der Waals surface area (Å²) >= 11 is 0. The Labute approximate surface area is 163 Å². The molecule has 140 valence electrons. The van der Waals surface area contributed by atoms with Crippen molar-refractivity contribution in [3.05, 3.63) is 67.1 Å². The van der Waals surface area contributed by atoms with Crippen LogP contribution in [0, 0.1) is 0 Å². The summed E-state index contributed by atoms with van der Waals surface area (Å²) in [4.78, 5) is 8.74. The molecule has 0 amide bonds. The zero-order valence-corrected chi connectivity index (χ0v) is 16.0. The van der Waals surface area contributed by atoms with Crippen molar-refractivity contribution in [2.24, 2.45) is 0 Å². The second-order valence-corrected chi connectivity index (χ2v) is 6.28. The lowest BCUT2D eigenvalue weighted by Gasteiger charge is -2.14. The molecule has 28 heavy (non-hydrogen) atoms. The van der Waals surface area contributed by atoms with Crippen LogP contribution in [-0.2, 0) is 0 Å². The Morgan fingerprint density at radius 2 is 1.36 bits per heavy atom. The van der Waals surface area contributed by atoms with E-state index in [1.165, 1.54) is 0 Å². The van der Waals surface area contributed by atoms with Gasteiger partial charge in [-0.1, -0.05) is 12.1 Å². The molecule has 0 saturated carbocycles. The Morgan fingerprint density at radius 1 is 0.643 bits per heavy atom. The fraction of sp³-hybridized carbons (Fsp3) is 0.130. The molecule has 0 spiro atoms. The molecule has 0 bridgehead atoms. The number of hydrogen-bond donors (Lipinski definition) is 0. The van der Waals surface area contributed by atoms with E-state index < -0.39 is 0 Å². The van der Waals surface area contributed by atoms with Crippen LogP contribution in [0.1, 0.15) is 0 Å². The predicted molar refractivity (Wildman–Crippen MR) is 110 cm³/mol. The highest BCUT2D eigenvalue weighted by Crippen LogP contribution is 2.41. The van der Waals surface area contributed by atoms with E-state index in [9.17, 15) is 0 Å². The number of rotatable bonds is 5. The van der Waals surface area contributed by atoms with E-state index in [1.807, 2.05) is 30.5 Å². The molecule has 0 aliphatic carbocycles. The molecular formula is C23H20N2O3. The van der Waals surface area contributed by atoms with Gasteiger partial charge in [0.15, 0.2) is 11.5 Å². The van der Waals surface area contributed by atoms with Crippen LogP contribution in [0.25, 0.3) is 33.2 Å². The van der Waals surface area contributed by atoms with Crippen molar-refractivity contribution in [1.29, 1.82) is 0 Å². The maximum absolute atomic E-state index is 5.46. The normalized spacial score (nSPS) is 10.7. The highest BCUT2D eigenvalue weighted by atomic mass is 16.5. The third kappa shape index (κ3) is 3.22. The van der Waals surface area contributed by atoms with Crippen molar-refractivity contribution < 1.29 is 14.2 Å². The number of fused-ring (bicyclic) bond motifs is 1. The largest absolute Gasteiger partial charge is 0.493 e. The number of pyridine rings is 2. The summed E-state index contributed by atoms with van der Waals surface area (Å²) < 4.78 is 16.3. The van der Waals surface area contributed by atoms with Crippen LogP contribution in [0.2, 0.25) is 0 Å². The summed E-state index contributed by atoms with van der Waals surface area (Å²) in [5, 5.41) is 1.06. The minimum Gasteiger partial charge on any atom is -0.493 e. The molecule has 0 aliphatic heterocycles. The van der Waals surface area contributed by atoms with Gasteiger partial charge in [0.2, 0.25) is 5.75 Å². The average Bonchev–Trinajstić information content (AvgIpc) is 2.77. The first-order valence-corrected chi connectivity index (χ1v) is 8.84. The summed E-state index contributed by atoms with van der Waals surface area (Å²) in [5.74, 6) is 1.81. The Balaban J connectivity index is 1.78. The monoisotopic (exact) mass is 372 g/mol. The summed E-state index contributed by atoms with van der Waals surface area (Å²) in [5.41, 5.74) is 5.09. The Hall–Kier alpha value is -3.60. The average molecular weight is 372 g/mol. The van der Waals surface area contributed by atoms with Gasteiger partial charge in [-0.25, -0.2) is 0 Å². The molecule has 0 aliphatic rings. The van der Waals surface area contributed by atoms with Gasteiger partial charge >= 0.3 is 0 Å². The van der Waals surface area contributed by atoms with Gasteiger partial charge in [-0.05, 0) is 53.1 Å². The van der Waals surface area contributed by atoms with Crippen LogP contribution < -0.4 is 14.2 Å². The second kappa shape index (κ2) is 7.56. The van der Waals surface area contributed by atoms with Crippen LogP contribution in [0.5, 0.6) is 17.2 Å². The number of ether oxygens (including phenoxy) is 3. The van der Waals surface area contributed by atoms with Crippen molar-refractivity contribution in [1.82, 2.24) is 9.97 Å². The fourth-order valence-electron chi connectivity index (χ4n) is 3.25. The van der Waals surface area contributed by atoms with Crippen LogP contribution in [0.4, 0.5) is 0 Å². The topological polar surface area (TPSA) is 53.5 Å². The molecule has 4 aromatic rings. The van der Waals surface area contributed by atoms with Crippen LogP contribution in [0.15, 0.2) is 67.1 Å². The SMILES string of the molecule is COc1cc(-c2cnc3cc(-c4ccncc4)ccc3c2)cc(OC)c1OC. The van der Waals surface area contributed by atoms with Gasteiger partial charge in [0, 0.05) is 29.5 Å². The molecule has 2 aromatic heterocycles. The fourth-order valence-corrected chi connectivity index (χ4v) is 3.25. The smallest absolute Gasteiger partial charge is 0.203 e. The third-order valence-electron chi connectivity index (χ3n) is 4.70. The summed E-state index contributed by atoms with van der Waals surface area (Å²) in [6.45, 7) is 0. The molecule has 0 radical (unpaired) electrons. The number of aromatic nitrogens is 2. The van der Waals surface area contributed by atoms with Gasteiger partial charge in [-0.15, -0.1) is 0 Å². The number of methoxy groups -OCH3 is 3. The molecule has 0 fully saturated rings. The molecule has 0 unspecified atom stereocenters. The number of benzene rings is 2. The maximum atomic E-state index is 5.46. The number of nitrogens with zero attached hydrogens (tertiary/aromatic N) is 2. The first-order valence-electron chi connectivity index (χ1n) is 8.84. The Morgan fingerprint density at radius 3 is 2.00 bits per heavy atom. The van der Waals surface area contributed by atoms with Gasteiger partial charge in [0.25, 0.3) is 0 Å². The molecule has 4 rings (SSSR count). The Kier molecular flexibility index (Phi) is 4.81. The van der Waals surface area contributed by atoms with Crippen LogP contribution in [-0.4, -0.2) is 31.3 Å². The van der Waals surface area contributed by atoms with Crippen LogP contribution >= 0.6 is 0 Å². The summed E-state index contributed by atoms with van der Waals surface area (Å²) in [7, 11) is 4.82. The van der Waals surface area contributed by atoms with Crippen molar-refractivity contribution in [3.63, 3.8) is 0 Å². The lowest BCUT2D eigenvalue weighted by atomic mass is 10.0. The Bertz CT molecular complexity index is 1100. The first kappa shape index (κ1) is 17.8. The van der Waals surface area contributed by atoms with E-state index in [2.05, 4.69) is 34.2 Å². The lowest BCUT2D eigenvalue weighted by molar-refractivity contribution is 0.324. The van der Waals surface area contributed by atoms with Gasteiger partial charge in [0.1, 0.15) is 0 Å². The zero-order valence-electron chi connectivity index (χ0n) is 16.0. The summed E-state index contributed by atoms with van der Waals surface area (Å²) in [6.07, 6.45) is 5.44. The van der Waals surface area contributed by atoms with E-state index in [4.69, 9.17) is 14.2 Å². The molecular weight excluding hydrogens is 352 g/mol. The van der Waals surface area contributed by atoms with E-state index in [1.54, 1.807) is 33.7 Å². The quantitative estimate of drug-likeness (QED) is 0.494. The lowest BCUT2D eigenvalue weighted by Crippen LogP contribution is -1.96. The first-order chi connectivity index (χ1) is 13.7. The highest BCUT2D eigenvalue weighted by molar-refractivity contribution is 5.88. The third-order valence-corrected chi connectivity index (χ3v) is 4.70. The van der Waals surface area contributed by atoms with Crippen molar-refractivity contribution >= 4 is 10.9 Å². The van der Waals surface area contributed by atoms with Gasteiger partial charge in [-0.2, -0.15) is 0 Å². The molecule has 0 N–H and O–H groups in total. The van der Waals surface area contributed by atoms with Gasteiger partial charge < -0.3 is 14.2 Å². The molecule has 2 heterocycles.